The molecule has 0 aromatic heterocycles. The molecular weight excluding hydrogens is 237 g/mol. The van der Waals surface area contributed by atoms with Crippen LogP contribution in [0.5, 0.6) is 0 Å². The summed E-state index contributed by atoms with van der Waals surface area (Å²) in [6.07, 6.45) is 0. The highest BCUT2D eigenvalue weighted by Gasteiger charge is 2.41. The van der Waals surface area contributed by atoms with Gasteiger partial charge in [-0.1, -0.05) is 24.1 Å². The molecule has 1 saturated heterocycles. The van der Waals surface area contributed by atoms with Crippen LogP contribution in [0.4, 0.5) is 4.39 Å². The molecule has 0 spiro atoms. The van der Waals surface area contributed by atoms with Gasteiger partial charge in [0.2, 0.25) is 0 Å². The minimum Gasteiger partial charge on any atom is -0.377 e. The van der Waals surface area contributed by atoms with E-state index in [2.05, 4.69) is 25.5 Å². The third-order valence-corrected chi connectivity index (χ3v) is 3.73. The van der Waals surface area contributed by atoms with Crippen LogP contribution in [0.25, 0.3) is 0 Å². The lowest BCUT2D eigenvalue weighted by atomic mass is 9.89. The summed E-state index contributed by atoms with van der Waals surface area (Å²) in [6.45, 7) is 7.62. The largest absolute Gasteiger partial charge is 0.377 e. The van der Waals surface area contributed by atoms with E-state index in [1.165, 1.54) is 6.07 Å². The van der Waals surface area contributed by atoms with Gasteiger partial charge >= 0.3 is 0 Å². The van der Waals surface area contributed by atoms with E-state index in [0.29, 0.717) is 13.2 Å². The van der Waals surface area contributed by atoms with E-state index in [1.807, 2.05) is 6.07 Å². The topological polar surface area (TPSA) is 21.3 Å². The normalized spacial score (nSPS) is 18.8. The first kappa shape index (κ1) is 12.9. The summed E-state index contributed by atoms with van der Waals surface area (Å²) >= 11 is 1.66. The molecule has 17 heavy (non-hydrogen) atoms. The summed E-state index contributed by atoms with van der Waals surface area (Å²) in [5, 5.41) is 0. The van der Waals surface area contributed by atoms with E-state index in [1.54, 1.807) is 24.1 Å². The minimum atomic E-state index is -0.236. The third-order valence-electron chi connectivity index (χ3n) is 2.63. The van der Waals surface area contributed by atoms with Gasteiger partial charge in [0.25, 0.3) is 0 Å². The Morgan fingerprint density at radius 3 is 2.53 bits per heavy atom. The smallest absolute Gasteiger partial charge is 0.123 e. The Hall–Kier alpha value is -0.580. The van der Waals surface area contributed by atoms with Crippen LogP contribution in [0.1, 0.15) is 26.3 Å². The highest BCUT2D eigenvalue weighted by Crippen LogP contribution is 2.34. The van der Waals surface area contributed by atoms with Crippen molar-refractivity contribution in [2.24, 2.45) is 0 Å². The molecule has 94 valence electrons. The van der Waals surface area contributed by atoms with Gasteiger partial charge in [0, 0.05) is 4.75 Å². The third kappa shape index (κ3) is 3.00. The van der Waals surface area contributed by atoms with Crippen LogP contribution in [0, 0.1) is 5.82 Å². The molecule has 1 fully saturated rings. The van der Waals surface area contributed by atoms with Gasteiger partial charge < -0.3 is 4.74 Å². The van der Waals surface area contributed by atoms with Crippen molar-refractivity contribution in [1.29, 1.82) is 0 Å². The zero-order valence-electron chi connectivity index (χ0n) is 10.4. The van der Waals surface area contributed by atoms with E-state index >= 15 is 0 Å². The van der Waals surface area contributed by atoms with Gasteiger partial charge in [-0.2, -0.15) is 0 Å². The van der Waals surface area contributed by atoms with E-state index in [4.69, 9.17) is 4.74 Å². The molecular formula is C13H18FNOS. The summed E-state index contributed by atoms with van der Waals surface area (Å²) in [7, 11) is 0. The zero-order valence-corrected chi connectivity index (χ0v) is 11.2. The molecule has 0 amide bonds. The maximum Gasteiger partial charge on any atom is 0.123 e. The molecule has 0 unspecified atom stereocenters. The van der Waals surface area contributed by atoms with Gasteiger partial charge in [0.15, 0.2) is 0 Å². The van der Waals surface area contributed by atoms with Crippen molar-refractivity contribution in [3.63, 3.8) is 0 Å². The molecule has 0 bridgehead atoms. The Labute approximate surface area is 106 Å². The molecule has 1 aromatic rings. The van der Waals surface area contributed by atoms with Gasteiger partial charge in [-0.25, -0.2) is 9.11 Å². The average molecular weight is 255 g/mol. The highest BCUT2D eigenvalue weighted by atomic mass is 32.2. The second-order valence-corrected chi connectivity index (χ2v) is 7.03. The zero-order chi connectivity index (χ0) is 12.5. The molecule has 2 rings (SSSR count). The van der Waals surface area contributed by atoms with Crippen LogP contribution in [-0.2, 0) is 10.3 Å². The first-order valence-electron chi connectivity index (χ1n) is 5.70. The van der Waals surface area contributed by atoms with Crippen LogP contribution in [-0.4, -0.2) is 18.0 Å². The Kier molecular flexibility index (Phi) is 3.48. The van der Waals surface area contributed by atoms with Gasteiger partial charge in [-0.3, -0.25) is 0 Å². The first-order chi connectivity index (χ1) is 7.91. The van der Waals surface area contributed by atoms with Crippen molar-refractivity contribution in [2.75, 3.05) is 13.2 Å². The van der Waals surface area contributed by atoms with E-state index < -0.39 is 0 Å². The van der Waals surface area contributed by atoms with Gasteiger partial charge in [0.1, 0.15) is 5.82 Å². The van der Waals surface area contributed by atoms with Crippen LogP contribution < -0.4 is 4.72 Å². The Bertz CT molecular complexity index is 399. The van der Waals surface area contributed by atoms with Gasteiger partial charge in [-0.05, 0) is 38.5 Å². The number of hydrogen-bond acceptors (Lipinski definition) is 3. The molecule has 0 aliphatic carbocycles. The lowest BCUT2D eigenvalue weighted by Gasteiger charge is -2.43. The summed E-state index contributed by atoms with van der Waals surface area (Å²) in [6, 6.07) is 6.74. The number of halogens is 1. The summed E-state index contributed by atoms with van der Waals surface area (Å²) < 4.78 is 22.1. The molecule has 4 heteroatoms. The fraction of sp³-hybridized carbons (Fsp3) is 0.538. The minimum absolute atomic E-state index is 0.121. The average Bonchev–Trinajstić information content (AvgIpc) is 2.14. The molecule has 1 aliphatic rings. The maximum absolute atomic E-state index is 13.3. The van der Waals surface area contributed by atoms with Crippen molar-refractivity contribution in [3.05, 3.63) is 35.6 Å². The van der Waals surface area contributed by atoms with Crippen LogP contribution in [0.2, 0.25) is 0 Å². The predicted molar refractivity (Wildman–Crippen MR) is 69.4 cm³/mol. The first-order valence-corrected chi connectivity index (χ1v) is 6.52. The Balaban J connectivity index is 2.14. The number of nitrogens with one attached hydrogen (secondary N) is 1. The fourth-order valence-electron chi connectivity index (χ4n) is 1.63. The summed E-state index contributed by atoms with van der Waals surface area (Å²) in [5.74, 6) is -0.198. The van der Waals surface area contributed by atoms with Crippen molar-refractivity contribution in [2.45, 2.75) is 31.1 Å². The van der Waals surface area contributed by atoms with Crippen molar-refractivity contribution in [3.8, 4) is 0 Å². The number of ether oxygens (including phenoxy) is 1. The monoisotopic (exact) mass is 255 g/mol. The highest BCUT2D eigenvalue weighted by molar-refractivity contribution is 7.98. The van der Waals surface area contributed by atoms with Crippen molar-refractivity contribution < 1.29 is 9.13 Å². The summed E-state index contributed by atoms with van der Waals surface area (Å²) in [5.41, 5.74) is 0.723. The molecule has 1 aliphatic heterocycles. The van der Waals surface area contributed by atoms with Crippen molar-refractivity contribution in [1.82, 2.24) is 4.72 Å². The van der Waals surface area contributed by atoms with Crippen LogP contribution in [0.3, 0.4) is 0 Å². The lowest BCUT2D eigenvalue weighted by molar-refractivity contribution is -0.0653. The maximum atomic E-state index is 13.3. The Morgan fingerprint density at radius 2 is 2.06 bits per heavy atom. The molecule has 0 atom stereocenters. The lowest BCUT2D eigenvalue weighted by Crippen LogP contribution is -2.56. The fourth-order valence-corrected chi connectivity index (χ4v) is 2.36. The van der Waals surface area contributed by atoms with Gasteiger partial charge in [0.05, 0.1) is 18.8 Å². The van der Waals surface area contributed by atoms with Crippen LogP contribution >= 0.6 is 11.9 Å². The number of hydrogen-bond donors (Lipinski definition) is 1. The van der Waals surface area contributed by atoms with E-state index in [9.17, 15) is 4.39 Å². The summed E-state index contributed by atoms with van der Waals surface area (Å²) in [4.78, 5) is 0. The molecule has 1 N–H and O–H groups in total. The standard InChI is InChI=1S/C13H18FNOS/c1-12(2,3)17-15-13(8-16-9-13)10-5-4-6-11(14)7-10/h4-7,15H,8-9H2,1-3H3. The van der Waals surface area contributed by atoms with E-state index in [-0.39, 0.29) is 16.1 Å². The molecule has 2 nitrogen and oxygen atoms in total. The van der Waals surface area contributed by atoms with Gasteiger partial charge in [-0.15, -0.1) is 0 Å². The molecule has 0 saturated carbocycles. The van der Waals surface area contributed by atoms with Crippen molar-refractivity contribution >= 4 is 11.9 Å². The molecule has 0 radical (unpaired) electrons. The Morgan fingerprint density at radius 1 is 1.35 bits per heavy atom. The quantitative estimate of drug-likeness (QED) is 0.839. The molecule has 1 heterocycles. The number of benzene rings is 1. The second-order valence-electron chi connectivity index (χ2n) is 5.40. The predicted octanol–water partition coefficient (Wildman–Crippen LogP) is 3.09. The second kappa shape index (κ2) is 4.59. The SMILES string of the molecule is CC(C)(C)SNC1(c2cccc(F)c2)COC1. The van der Waals surface area contributed by atoms with Crippen LogP contribution in [0.15, 0.2) is 24.3 Å². The molecule has 1 aromatic carbocycles. The number of rotatable bonds is 3. The van der Waals surface area contributed by atoms with E-state index in [0.717, 1.165) is 5.56 Å².